The summed E-state index contributed by atoms with van der Waals surface area (Å²) in [5.74, 6) is -0.289. The van der Waals surface area contributed by atoms with E-state index in [0.29, 0.717) is 29.8 Å². The van der Waals surface area contributed by atoms with Crippen LogP contribution in [0.2, 0.25) is 0 Å². The zero-order valence-electron chi connectivity index (χ0n) is 11.0. The highest BCUT2D eigenvalue weighted by Crippen LogP contribution is 2.25. The third kappa shape index (κ3) is 2.70. The zero-order chi connectivity index (χ0) is 13.1. The van der Waals surface area contributed by atoms with Gasteiger partial charge in [-0.1, -0.05) is 13.8 Å². The lowest BCUT2D eigenvalue weighted by atomic mass is 10.0. The molecule has 1 aromatic rings. The quantitative estimate of drug-likeness (QED) is 0.889. The van der Waals surface area contributed by atoms with Gasteiger partial charge in [-0.3, -0.25) is 9.88 Å². The molecular formula is C14H20N2O2. The van der Waals surface area contributed by atoms with Crippen LogP contribution in [-0.4, -0.2) is 33.5 Å². The van der Waals surface area contributed by atoms with Crippen LogP contribution in [0.3, 0.4) is 0 Å². The van der Waals surface area contributed by atoms with Crippen LogP contribution in [0.15, 0.2) is 18.3 Å². The monoisotopic (exact) mass is 248 g/mol. The van der Waals surface area contributed by atoms with Crippen LogP contribution >= 0.6 is 0 Å². The van der Waals surface area contributed by atoms with Crippen LogP contribution in [0.5, 0.6) is 0 Å². The first-order valence-electron chi connectivity index (χ1n) is 6.51. The predicted molar refractivity (Wildman–Crippen MR) is 69.5 cm³/mol. The maximum absolute atomic E-state index is 11.2. The Kier molecular flexibility index (Phi) is 3.97. The fraction of sp³-hybridized carbons (Fsp3) is 0.571. The van der Waals surface area contributed by atoms with E-state index in [4.69, 9.17) is 5.11 Å². The summed E-state index contributed by atoms with van der Waals surface area (Å²) in [6.07, 6.45) is 4.06. The maximum atomic E-state index is 11.2. The Morgan fingerprint density at radius 3 is 3.06 bits per heavy atom. The Labute approximate surface area is 108 Å². The lowest BCUT2D eigenvalue weighted by molar-refractivity contribution is 0.0693. The van der Waals surface area contributed by atoms with E-state index in [1.807, 2.05) is 0 Å². The summed E-state index contributed by atoms with van der Waals surface area (Å²) >= 11 is 0. The summed E-state index contributed by atoms with van der Waals surface area (Å²) in [5.41, 5.74) is 1.00. The van der Waals surface area contributed by atoms with Gasteiger partial charge in [0.15, 0.2) is 0 Å². The fourth-order valence-electron chi connectivity index (χ4n) is 2.75. The van der Waals surface area contributed by atoms with Crippen molar-refractivity contribution in [2.24, 2.45) is 5.92 Å². The molecule has 0 aromatic carbocycles. The highest BCUT2D eigenvalue weighted by Gasteiger charge is 2.28. The molecule has 1 atom stereocenters. The number of hydrogen-bond acceptors (Lipinski definition) is 3. The smallest absolute Gasteiger partial charge is 0.337 e. The number of pyridine rings is 1. The van der Waals surface area contributed by atoms with Crippen molar-refractivity contribution in [3.63, 3.8) is 0 Å². The average molecular weight is 248 g/mol. The van der Waals surface area contributed by atoms with E-state index >= 15 is 0 Å². The average Bonchev–Trinajstić information content (AvgIpc) is 2.77. The van der Waals surface area contributed by atoms with Crippen molar-refractivity contribution in [1.29, 1.82) is 0 Å². The predicted octanol–water partition coefficient (Wildman–Crippen LogP) is 2.40. The number of likely N-dealkylation sites (tertiary alicyclic amines) is 1. The molecule has 1 aliphatic rings. The van der Waals surface area contributed by atoms with Gasteiger partial charge in [0.25, 0.3) is 0 Å². The Balaban J connectivity index is 2.16. The molecule has 1 fully saturated rings. The molecule has 2 heterocycles. The first-order chi connectivity index (χ1) is 8.59. The number of aromatic carboxylic acids is 1. The topological polar surface area (TPSA) is 53.4 Å². The molecule has 1 saturated heterocycles. The van der Waals surface area contributed by atoms with Crippen molar-refractivity contribution >= 4 is 5.97 Å². The molecule has 18 heavy (non-hydrogen) atoms. The van der Waals surface area contributed by atoms with Gasteiger partial charge in [-0.05, 0) is 37.4 Å². The van der Waals surface area contributed by atoms with Crippen LogP contribution in [0.1, 0.15) is 42.7 Å². The minimum atomic E-state index is -0.890. The number of nitrogens with zero attached hydrogens (tertiary/aromatic N) is 2. The molecule has 0 spiro atoms. The molecule has 0 aliphatic carbocycles. The van der Waals surface area contributed by atoms with E-state index in [0.717, 1.165) is 6.54 Å². The van der Waals surface area contributed by atoms with E-state index in [9.17, 15) is 4.79 Å². The number of aromatic nitrogens is 1. The largest absolute Gasteiger partial charge is 0.478 e. The molecule has 0 saturated carbocycles. The minimum absolute atomic E-state index is 0.326. The normalized spacial score (nSPS) is 20.5. The second-order valence-corrected chi connectivity index (χ2v) is 5.23. The van der Waals surface area contributed by atoms with Crippen molar-refractivity contribution in [2.45, 2.75) is 39.3 Å². The third-order valence-corrected chi connectivity index (χ3v) is 3.66. The lowest BCUT2D eigenvalue weighted by Gasteiger charge is -2.27. The highest BCUT2D eigenvalue weighted by molar-refractivity contribution is 5.88. The number of rotatable bonds is 4. The number of carbonyl (C=O) groups is 1. The van der Waals surface area contributed by atoms with Crippen molar-refractivity contribution in [1.82, 2.24) is 9.88 Å². The standard InChI is InChI=1S/C14H20N2O2/c1-10(2)13-6-4-8-16(13)9-12-11(14(17)18)5-3-7-15-12/h3,5,7,10,13H,4,6,8-9H2,1-2H3,(H,17,18). The van der Waals surface area contributed by atoms with Crippen LogP contribution in [0.25, 0.3) is 0 Å². The molecule has 1 aromatic heterocycles. The number of carboxylic acid groups (broad SMARTS) is 1. The summed E-state index contributed by atoms with van der Waals surface area (Å²) in [6, 6.07) is 3.86. The molecule has 1 aliphatic heterocycles. The third-order valence-electron chi connectivity index (χ3n) is 3.66. The molecule has 2 rings (SSSR count). The lowest BCUT2D eigenvalue weighted by Crippen LogP contribution is -2.33. The summed E-state index contributed by atoms with van der Waals surface area (Å²) in [7, 11) is 0. The Bertz CT molecular complexity index is 432. The first-order valence-corrected chi connectivity index (χ1v) is 6.51. The number of carboxylic acids is 1. The Morgan fingerprint density at radius 1 is 1.61 bits per heavy atom. The molecule has 1 unspecified atom stereocenters. The molecule has 0 radical (unpaired) electrons. The summed E-state index contributed by atoms with van der Waals surface area (Å²) in [5, 5.41) is 9.16. The van der Waals surface area contributed by atoms with Gasteiger partial charge in [-0.25, -0.2) is 4.79 Å². The molecule has 0 bridgehead atoms. The second kappa shape index (κ2) is 5.48. The van der Waals surface area contributed by atoms with Gasteiger partial charge in [0.2, 0.25) is 0 Å². The summed E-state index contributed by atoms with van der Waals surface area (Å²) < 4.78 is 0. The molecule has 0 amide bonds. The van der Waals surface area contributed by atoms with Crippen LogP contribution < -0.4 is 0 Å². The van der Waals surface area contributed by atoms with Crippen LogP contribution in [-0.2, 0) is 6.54 Å². The SMILES string of the molecule is CC(C)C1CCCN1Cc1ncccc1C(=O)O. The zero-order valence-corrected chi connectivity index (χ0v) is 11.0. The van der Waals surface area contributed by atoms with E-state index in [2.05, 4.69) is 23.7 Å². The number of hydrogen-bond donors (Lipinski definition) is 1. The summed E-state index contributed by atoms with van der Waals surface area (Å²) in [4.78, 5) is 17.7. The van der Waals surface area contributed by atoms with E-state index in [-0.39, 0.29) is 0 Å². The van der Waals surface area contributed by atoms with Crippen molar-refractivity contribution < 1.29 is 9.90 Å². The van der Waals surface area contributed by atoms with Gasteiger partial charge in [-0.15, -0.1) is 0 Å². The molecule has 4 heteroatoms. The summed E-state index contributed by atoms with van der Waals surface area (Å²) in [6.45, 7) is 6.13. The second-order valence-electron chi connectivity index (χ2n) is 5.23. The minimum Gasteiger partial charge on any atom is -0.478 e. The van der Waals surface area contributed by atoms with E-state index in [1.54, 1.807) is 18.3 Å². The van der Waals surface area contributed by atoms with E-state index < -0.39 is 5.97 Å². The van der Waals surface area contributed by atoms with Crippen molar-refractivity contribution in [2.75, 3.05) is 6.54 Å². The van der Waals surface area contributed by atoms with Crippen molar-refractivity contribution in [3.05, 3.63) is 29.6 Å². The van der Waals surface area contributed by atoms with Gasteiger partial charge < -0.3 is 5.11 Å². The van der Waals surface area contributed by atoms with Crippen LogP contribution in [0.4, 0.5) is 0 Å². The molecule has 98 valence electrons. The molecule has 4 nitrogen and oxygen atoms in total. The van der Waals surface area contributed by atoms with Crippen LogP contribution in [0, 0.1) is 5.92 Å². The Hall–Kier alpha value is -1.42. The Morgan fingerprint density at radius 2 is 2.39 bits per heavy atom. The first kappa shape index (κ1) is 13.0. The highest BCUT2D eigenvalue weighted by atomic mass is 16.4. The van der Waals surface area contributed by atoms with Gasteiger partial charge in [0.1, 0.15) is 0 Å². The van der Waals surface area contributed by atoms with Crippen molar-refractivity contribution in [3.8, 4) is 0 Å². The fourth-order valence-corrected chi connectivity index (χ4v) is 2.75. The van der Waals surface area contributed by atoms with Gasteiger partial charge in [0.05, 0.1) is 11.3 Å². The van der Waals surface area contributed by atoms with Gasteiger partial charge >= 0.3 is 5.97 Å². The maximum Gasteiger partial charge on any atom is 0.337 e. The van der Waals surface area contributed by atoms with E-state index in [1.165, 1.54) is 12.8 Å². The van der Waals surface area contributed by atoms with Gasteiger partial charge in [-0.2, -0.15) is 0 Å². The molecule has 1 N–H and O–H groups in total. The van der Waals surface area contributed by atoms with Gasteiger partial charge in [0, 0.05) is 18.8 Å². The molecular weight excluding hydrogens is 228 g/mol.